The van der Waals surface area contributed by atoms with Crippen LogP contribution in [0.1, 0.15) is 43.6 Å². The highest BCUT2D eigenvalue weighted by Crippen LogP contribution is 2.28. The SMILES string of the molecule is Cc1nn(C(C)c2ccc(CC(C)C)cc2)c(N)c1Cl. The number of nitrogens with zero attached hydrogens (tertiary/aromatic N) is 2. The van der Waals surface area contributed by atoms with E-state index < -0.39 is 0 Å². The quantitative estimate of drug-likeness (QED) is 0.916. The van der Waals surface area contributed by atoms with Crippen molar-refractivity contribution in [3.8, 4) is 0 Å². The maximum Gasteiger partial charge on any atom is 0.141 e. The highest BCUT2D eigenvalue weighted by atomic mass is 35.5. The van der Waals surface area contributed by atoms with E-state index in [0.29, 0.717) is 16.8 Å². The van der Waals surface area contributed by atoms with Crippen molar-refractivity contribution in [2.24, 2.45) is 5.92 Å². The summed E-state index contributed by atoms with van der Waals surface area (Å²) in [5, 5.41) is 4.97. The molecule has 0 aliphatic rings. The van der Waals surface area contributed by atoms with Crippen LogP contribution in [0, 0.1) is 12.8 Å². The van der Waals surface area contributed by atoms with Crippen LogP contribution in [0.5, 0.6) is 0 Å². The average Bonchev–Trinajstić information content (AvgIpc) is 2.66. The molecule has 3 nitrogen and oxygen atoms in total. The Balaban J connectivity index is 2.24. The second-order valence-corrected chi connectivity index (χ2v) is 6.12. The van der Waals surface area contributed by atoms with Crippen LogP contribution >= 0.6 is 11.6 Å². The highest BCUT2D eigenvalue weighted by molar-refractivity contribution is 6.33. The molecule has 0 amide bonds. The molecule has 20 heavy (non-hydrogen) atoms. The van der Waals surface area contributed by atoms with Gasteiger partial charge in [-0.2, -0.15) is 5.10 Å². The Morgan fingerprint density at radius 2 is 1.80 bits per heavy atom. The van der Waals surface area contributed by atoms with Gasteiger partial charge in [0.15, 0.2) is 0 Å². The molecule has 1 aromatic heterocycles. The molecule has 1 aromatic carbocycles. The number of hydrogen-bond acceptors (Lipinski definition) is 2. The van der Waals surface area contributed by atoms with Crippen molar-refractivity contribution in [2.45, 2.75) is 40.2 Å². The van der Waals surface area contributed by atoms with Gasteiger partial charge < -0.3 is 5.73 Å². The molecule has 0 fully saturated rings. The summed E-state index contributed by atoms with van der Waals surface area (Å²) < 4.78 is 1.79. The van der Waals surface area contributed by atoms with E-state index in [9.17, 15) is 0 Å². The van der Waals surface area contributed by atoms with E-state index in [2.05, 4.69) is 50.1 Å². The van der Waals surface area contributed by atoms with E-state index in [-0.39, 0.29) is 6.04 Å². The molecule has 2 aromatic rings. The van der Waals surface area contributed by atoms with Gasteiger partial charge in [0.25, 0.3) is 0 Å². The Bertz CT molecular complexity index is 585. The minimum absolute atomic E-state index is 0.0781. The van der Waals surface area contributed by atoms with Gasteiger partial charge in [0, 0.05) is 0 Å². The topological polar surface area (TPSA) is 43.8 Å². The molecule has 4 heteroatoms. The molecule has 0 radical (unpaired) electrons. The number of rotatable bonds is 4. The van der Waals surface area contributed by atoms with E-state index in [4.69, 9.17) is 17.3 Å². The molecule has 0 spiro atoms. The first-order valence-electron chi connectivity index (χ1n) is 6.99. The first-order valence-corrected chi connectivity index (χ1v) is 7.36. The van der Waals surface area contributed by atoms with Gasteiger partial charge in [-0.15, -0.1) is 0 Å². The summed E-state index contributed by atoms with van der Waals surface area (Å²) in [6.45, 7) is 8.40. The number of anilines is 1. The van der Waals surface area contributed by atoms with Crippen LogP contribution in [0.25, 0.3) is 0 Å². The summed E-state index contributed by atoms with van der Waals surface area (Å²) in [5.41, 5.74) is 9.32. The van der Waals surface area contributed by atoms with Crippen molar-refractivity contribution in [3.63, 3.8) is 0 Å². The van der Waals surface area contributed by atoms with E-state index in [0.717, 1.165) is 12.1 Å². The van der Waals surface area contributed by atoms with E-state index in [1.54, 1.807) is 4.68 Å². The fraction of sp³-hybridized carbons (Fsp3) is 0.438. The fourth-order valence-electron chi connectivity index (χ4n) is 2.39. The summed E-state index contributed by atoms with van der Waals surface area (Å²) in [5.74, 6) is 1.20. The number of aromatic nitrogens is 2. The van der Waals surface area contributed by atoms with Gasteiger partial charge in [-0.05, 0) is 37.3 Å². The Kier molecular flexibility index (Phi) is 4.39. The third-order valence-corrected chi connectivity index (χ3v) is 3.99. The van der Waals surface area contributed by atoms with Crippen LogP contribution < -0.4 is 5.73 Å². The van der Waals surface area contributed by atoms with Crippen LogP contribution in [0.15, 0.2) is 24.3 Å². The summed E-state index contributed by atoms with van der Waals surface area (Å²) in [7, 11) is 0. The predicted molar refractivity (Wildman–Crippen MR) is 85.2 cm³/mol. The molecule has 1 heterocycles. The minimum atomic E-state index is 0.0781. The first kappa shape index (κ1) is 14.9. The second kappa shape index (κ2) is 5.88. The van der Waals surface area contributed by atoms with Crippen molar-refractivity contribution >= 4 is 17.4 Å². The molecule has 0 bridgehead atoms. The van der Waals surface area contributed by atoms with Gasteiger partial charge >= 0.3 is 0 Å². The van der Waals surface area contributed by atoms with Crippen molar-refractivity contribution in [1.29, 1.82) is 0 Å². The summed E-state index contributed by atoms with van der Waals surface area (Å²) in [6.07, 6.45) is 1.10. The largest absolute Gasteiger partial charge is 0.383 e. The van der Waals surface area contributed by atoms with E-state index in [1.807, 2.05) is 6.92 Å². The number of halogens is 1. The summed E-state index contributed by atoms with van der Waals surface area (Å²) in [4.78, 5) is 0. The summed E-state index contributed by atoms with van der Waals surface area (Å²) in [6, 6.07) is 8.73. The van der Waals surface area contributed by atoms with Gasteiger partial charge in [0.2, 0.25) is 0 Å². The zero-order chi connectivity index (χ0) is 14.9. The monoisotopic (exact) mass is 291 g/mol. The maximum absolute atomic E-state index is 6.10. The lowest BCUT2D eigenvalue weighted by atomic mass is 10.00. The van der Waals surface area contributed by atoms with Crippen LogP contribution in [-0.2, 0) is 6.42 Å². The highest BCUT2D eigenvalue weighted by Gasteiger charge is 2.16. The Hall–Kier alpha value is -1.48. The van der Waals surface area contributed by atoms with E-state index >= 15 is 0 Å². The van der Waals surface area contributed by atoms with Gasteiger partial charge in [-0.25, -0.2) is 4.68 Å². The number of hydrogen-bond donors (Lipinski definition) is 1. The number of nitrogen functional groups attached to an aromatic ring is 1. The van der Waals surface area contributed by atoms with Crippen LogP contribution in [0.2, 0.25) is 5.02 Å². The van der Waals surface area contributed by atoms with Gasteiger partial charge in [0.1, 0.15) is 10.8 Å². The molecule has 2 rings (SSSR count). The predicted octanol–water partition coefficient (Wildman–Crippen LogP) is 4.23. The Labute approximate surface area is 125 Å². The molecular weight excluding hydrogens is 270 g/mol. The molecular formula is C16H22ClN3. The zero-order valence-electron chi connectivity index (χ0n) is 12.5. The molecule has 2 N–H and O–H groups in total. The molecule has 1 atom stereocenters. The van der Waals surface area contributed by atoms with Crippen molar-refractivity contribution < 1.29 is 0 Å². The van der Waals surface area contributed by atoms with Crippen molar-refractivity contribution in [3.05, 3.63) is 46.1 Å². The molecule has 108 valence electrons. The second-order valence-electron chi connectivity index (χ2n) is 5.74. The Morgan fingerprint density at radius 3 is 2.25 bits per heavy atom. The number of benzene rings is 1. The molecule has 1 unspecified atom stereocenters. The van der Waals surface area contributed by atoms with Crippen LogP contribution in [0.4, 0.5) is 5.82 Å². The van der Waals surface area contributed by atoms with Crippen LogP contribution in [0.3, 0.4) is 0 Å². The summed E-state index contributed by atoms with van der Waals surface area (Å²) >= 11 is 6.10. The number of nitrogens with two attached hydrogens (primary N) is 1. The van der Waals surface area contributed by atoms with Gasteiger partial charge in [-0.3, -0.25) is 0 Å². The first-order chi connectivity index (χ1) is 9.40. The molecule has 0 saturated carbocycles. The fourth-order valence-corrected chi connectivity index (χ4v) is 2.51. The van der Waals surface area contributed by atoms with Crippen molar-refractivity contribution in [1.82, 2.24) is 9.78 Å². The lowest BCUT2D eigenvalue weighted by molar-refractivity contribution is 0.568. The van der Waals surface area contributed by atoms with Crippen LogP contribution in [-0.4, -0.2) is 9.78 Å². The standard InChI is InChI=1S/C16H22ClN3/c1-10(2)9-13-5-7-14(8-6-13)12(4)20-16(18)15(17)11(3)19-20/h5-8,10,12H,9,18H2,1-4H3. The minimum Gasteiger partial charge on any atom is -0.383 e. The maximum atomic E-state index is 6.10. The molecule has 0 aliphatic heterocycles. The van der Waals surface area contributed by atoms with Gasteiger partial charge in [0.05, 0.1) is 11.7 Å². The van der Waals surface area contributed by atoms with Crippen molar-refractivity contribution in [2.75, 3.05) is 5.73 Å². The van der Waals surface area contributed by atoms with E-state index in [1.165, 1.54) is 11.1 Å². The number of aryl methyl sites for hydroxylation is 1. The Morgan fingerprint density at radius 1 is 1.20 bits per heavy atom. The average molecular weight is 292 g/mol. The smallest absolute Gasteiger partial charge is 0.141 e. The third-order valence-electron chi connectivity index (χ3n) is 3.52. The van der Waals surface area contributed by atoms with Gasteiger partial charge in [-0.1, -0.05) is 49.7 Å². The normalized spacial score (nSPS) is 12.9. The zero-order valence-corrected chi connectivity index (χ0v) is 13.3. The third kappa shape index (κ3) is 2.98. The lowest BCUT2D eigenvalue weighted by Crippen LogP contribution is -2.11. The molecule has 0 aliphatic carbocycles. The lowest BCUT2D eigenvalue weighted by Gasteiger charge is -2.15. The molecule has 0 saturated heterocycles.